The van der Waals surface area contributed by atoms with Crippen molar-refractivity contribution in [1.82, 2.24) is 14.7 Å². The van der Waals surface area contributed by atoms with Gasteiger partial charge in [0.1, 0.15) is 5.75 Å². The van der Waals surface area contributed by atoms with E-state index in [1.807, 2.05) is 47.3 Å². The summed E-state index contributed by atoms with van der Waals surface area (Å²) in [4.78, 5) is 2.46. The predicted molar refractivity (Wildman–Crippen MR) is 114 cm³/mol. The predicted octanol–water partition coefficient (Wildman–Crippen LogP) is 3.92. The molecule has 2 heterocycles. The number of hydrogen-bond acceptors (Lipinski definition) is 4. The molecule has 5 nitrogen and oxygen atoms in total. The molecule has 1 N–H and O–H groups in total. The zero-order chi connectivity index (χ0) is 19.9. The van der Waals surface area contributed by atoms with Gasteiger partial charge in [-0.25, -0.2) is 4.68 Å². The first-order chi connectivity index (χ1) is 14.3. The molecule has 1 fully saturated rings. The van der Waals surface area contributed by atoms with Crippen LogP contribution in [0.1, 0.15) is 24.8 Å². The molecule has 0 unspecified atom stereocenters. The summed E-state index contributed by atoms with van der Waals surface area (Å²) < 4.78 is 7.79. The number of hydrogen-bond donors (Lipinski definition) is 1. The fraction of sp³-hybridized carbons (Fsp3) is 0.375. The molecule has 152 valence electrons. The lowest BCUT2D eigenvalue weighted by Gasteiger charge is -2.42. The van der Waals surface area contributed by atoms with E-state index in [0.717, 1.165) is 50.3 Å². The Bertz CT molecular complexity index is 882. The SMILES string of the molecule is OC[C@@]1(CCOc2ccccc2)CCCN(Cc2cccc(-n3cccn3)c2)C1. The Hall–Kier alpha value is -2.63. The number of rotatable bonds is 8. The molecule has 1 aromatic heterocycles. The maximum Gasteiger partial charge on any atom is 0.119 e. The second-order valence-corrected chi connectivity index (χ2v) is 8.00. The van der Waals surface area contributed by atoms with Crippen molar-refractivity contribution in [3.05, 3.63) is 78.6 Å². The van der Waals surface area contributed by atoms with Crippen LogP contribution < -0.4 is 4.74 Å². The number of ether oxygens (including phenoxy) is 1. The Morgan fingerprint density at radius 3 is 2.76 bits per heavy atom. The van der Waals surface area contributed by atoms with Crippen LogP contribution in [0.5, 0.6) is 5.75 Å². The van der Waals surface area contributed by atoms with Crippen molar-refractivity contribution in [2.45, 2.75) is 25.8 Å². The van der Waals surface area contributed by atoms with E-state index in [0.29, 0.717) is 6.61 Å². The van der Waals surface area contributed by atoms with Crippen molar-refractivity contribution < 1.29 is 9.84 Å². The molecule has 4 rings (SSSR count). The highest BCUT2D eigenvalue weighted by Gasteiger charge is 2.34. The van der Waals surface area contributed by atoms with Gasteiger partial charge in [-0.05, 0) is 61.7 Å². The van der Waals surface area contributed by atoms with Crippen molar-refractivity contribution in [2.75, 3.05) is 26.3 Å². The number of benzene rings is 2. The zero-order valence-corrected chi connectivity index (χ0v) is 16.8. The summed E-state index contributed by atoms with van der Waals surface area (Å²) in [5, 5.41) is 14.5. The van der Waals surface area contributed by atoms with Gasteiger partial charge in [-0.15, -0.1) is 0 Å². The second-order valence-electron chi connectivity index (χ2n) is 8.00. The number of piperidine rings is 1. The summed E-state index contributed by atoms with van der Waals surface area (Å²) in [5.41, 5.74) is 2.26. The van der Waals surface area contributed by atoms with Crippen LogP contribution in [0.15, 0.2) is 73.1 Å². The van der Waals surface area contributed by atoms with Crippen LogP contribution in [-0.4, -0.2) is 46.1 Å². The Labute approximate surface area is 172 Å². The number of nitrogens with zero attached hydrogens (tertiary/aromatic N) is 3. The van der Waals surface area contributed by atoms with E-state index < -0.39 is 0 Å². The first-order valence-electron chi connectivity index (χ1n) is 10.4. The van der Waals surface area contributed by atoms with Crippen LogP contribution >= 0.6 is 0 Å². The summed E-state index contributed by atoms with van der Waals surface area (Å²) in [6.45, 7) is 3.68. The van der Waals surface area contributed by atoms with E-state index in [-0.39, 0.29) is 12.0 Å². The lowest BCUT2D eigenvalue weighted by Crippen LogP contribution is -2.45. The van der Waals surface area contributed by atoms with E-state index in [1.54, 1.807) is 6.20 Å². The molecule has 0 amide bonds. The monoisotopic (exact) mass is 391 g/mol. The van der Waals surface area contributed by atoms with Gasteiger partial charge in [-0.2, -0.15) is 5.10 Å². The number of aliphatic hydroxyl groups excluding tert-OH is 1. The van der Waals surface area contributed by atoms with Crippen LogP contribution in [0.3, 0.4) is 0 Å². The van der Waals surface area contributed by atoms with Crippen LogP contribution in [0, 0.1) is 5.41 Å². The van der Waals surface area contributed by atoms with Crippen LogP contribution in [0.4, 0.5) is 0 Å². The third-order valence-electron chi connectivity index (χ3n) is 5.81. The minimum Gasteiger partial charge on any atom is -0.494 e. The topological polar surface area (TPSA) is 50.5 Å². The number of para-hydroxylation sites is 1. The highest BCUT2D eigenvalue weighted by atomic mass is 16.5. The summed E-state index contributed by atoms with van der Waals surface area (Å²) in [6.07, 6.45) is 6.77. The lowest BCUT2D eigenvalue weighted by molar-refractivity contribution is 0.0128. The Morgan fingerprint density at radius 1 is 1.07 bits per heavy atom. The number of aliphatic hydroxyl groups is 1. The van der Waals surface area contributed by atoms with Crippen molar-refractivity contribution in [1.29, 1.82) is 0 Å². The highest BCUT2D eigenvalue weighted by Crippen LogP contribution is 2.34. The van der Waals surface area contributed by atoms with Gasteiger partial charge < -0.3 is 9.84 Å². The quantitative estimate of drug-likeness (QED) is 0.632. The molecule has 0 spiro atoms. The standard InChI is InChI=1S/C24H29N3O2/c28-20-24(12-16-29-23-9-2-1-3-10-23)11-5-14-26(19-24)18-21-7-4-8-22(17-21)27-15-6-13-25-27/h1-4,6-10,13,15,17,28H,5,11-12,14,16,18-20H2/t24-/m1/s1. The van der Waals surface area contributed by atoms with Gasteiger partial charge >= 0.3 is 0 Å². The molecule has 1 saturated heterocycles. The smallest absolute Gasteiger partial charge is 0.119 e. The minimum atomic E-state index is -0.0907. The summed E-state index contributed by atoms with van der Waals surface area (Å²) in [7, 11) is 0. The van der Waals surface area contributed by atoms with E-state index >= 15 is 0 Å². The average molecular weight is 392 g/mol. The van der Waals surface area contributed by atoms with Gasteiger partial charge in [0.05, 0.1) is 18.9 Å². The van der Waals surface area contributed by atoms with Crippen LogP contribution in [0.25, 0.3) is 5.69 Å². The van der Waals surface area contributed by atoms with Gasteiger partial charge in [-0.1, -0.05) is 30.3 Å². The van der Waals surface area contributed by atoms with Gasteiger partial charge in [0.25, 0.3) is 0 Å². The fourth-order valence-electron chi connectivity index (χ4n) is 4.24. The molecule has 29 heavy (non-hydrogen) atoms. The van der Waals surface area contributed by atoms with E-state index in [9.17, 15) is 5.11 Å². The molecule has 0 aliphatic carbocycles. The Kier molecular flexibility index (Phi) is 6.27. The van der Waals surface area contributed by atoms with E-state index in [1.165, 1.54) is 5.56 Å². The van der Waals surface area contributed by atoms with Crippen LogP contribution in [0.2, 0.25) is 0 Å². The average Bonchev–Trinajstić information content (AvgIpc) is 3.30. The maximum absolute atomic E-state index is 10.2. The highest BCUT2D eigenvalue weighted by molar-refractivity contribution is 5.35. The molecule has 0 saturated carbocycles. The molecule has 0 radical (unpaired) electrons. The normalized spacial score (nSPS) is 19.9. The molecule has 1 aliphatic rings. The molecular formula is C24H29N3O2. The number of aromatic nitrogens is 2. The molecular weight excluding hydrogens is 362 g/mol. The minimum absolute atomic E-state index is 0.0907. The third-order valence-corrected chi connectivity index (χ3v) is 5.81. The molecule has 3 aromatic rings. The molecule has 1 atom stereocenters. The summed E-state index contributed by atoms with van der Waals surface area (Å²) in [5.74, 6) is 0.892. The van der Waals surface area contributed by atoms with E-state index in [4.69, 9.17) is 4.74 Å². The molecule has 2 aromatic carbocycles. The van der Waals surface area contributed by atoms with Crippen LogP contribution in [-0.2, 0) is 6.54 Å². The summed E-state index contributed by atoms with van der Waals surface area (Å²) in [6, 6.07) is 20.4. The fourth-order valence-corrected chi connectivity index (χ4v) is 4.24. The molecule has 1 aliphatic heterocycles. The third kappa shape index (κ3) is 5.05. The largest absolute Gasteiger partial charge is 0.494 e. The summed E-state index contributed by atoms with van der Waals surface area (Å²) >= 11 is 0. The first-order valence-corrected chi connectivity index (χ1v) is 10.4. The maximum atomic E-state index is 10.2. The molecule has 5 heteroatoms. The lowest BCUT2D eigenvalue weighted by atomic mass is 9.78. The van der Waals surface area contributed by atoms with Gasteiger partial charge in [0, 0.05) is 30.9 Å². The first kappa shape index (κ1) is 19.7. The van der Waals surface area contributed by atoms with Crippen molar-refractivity contribution >= 4 is 0 Å². The Morgan fingerprint density at radius 2 is 1.97 bits per heavy atom. The van der Waals surface area contributed by atoms with Gasteiger partial charge in [0.15, 0.2) is 0 Å². The zero-order valence-electron chi connectivity index (χ0n) is 16.8. The Balaban J connectivity index is 1.37. The molecule has 0 bridgehead atoms. The second kappa shape index (κ2) is 9.25. The van der Waals surface area contributed by atoms with Gasteiger partial charge in [0.2, 0.25) is 0 Å². The van der Waals surface area contributed by atoms with E-state index in [2.05, 4.69) is 34.3 Å². The van der Waals surface area contributed by atoms with Crippen molar-refractivity contribution in [3.8, 4) is 11.4 Å². The number of likely N-dealkylation sites (tertiary alicyclic amines) is 1. The van der Waals surface area contributed by atoms with Gasteiger partial charge in [-0.3, -0.25) is 4.90 Å². The van der Waals surface area contributed by atoms with Crippen molar-refractivity contribution in [3.63, 3.8) is 0 Å². The van der Waals surface area contributed by atoms with Crippen molar-refractivity contribution in [2.24, 2.45) is 5.41 Å².